The lowest BCUT2D eigenvalue weighted by atomic mass is 9.73. The van der Waals surface area contributed by atoms with E-state index in [1.165, 1.54) is 0 Å². The van der Waals surface area contributed by atoms with Crippen LogP contribution in [0.3, 0.4) is 0 Å². The summed E-state index contributed by atoms with van der Waals surface area (Å²) >= 11 is 5.91. The van der Waals surface area contributed by atoms with E-state index in [1.807, 2.05) is 18.2 Å². The molecule has 0 bridgehead atoms. The van der Waals surface area contributed by atoms with Crippen LogP contribution in [0.25, 0.3) is 22.8 Å². The number of hydrogen-bond acceptors (Lipinski definition) is 6. The van der Waals surface area contributed by atoms with Crippen LogP contribution in [0.1, 0.15) is 24.8 Å². The number of fused-ring (bicyclic) bond motifs is 1. The second kappa shape index (κ2) is 5.79. The summed E-state index contributed by atoms with van der Waals surface area (Å²) in [5, 5.41) is 15.1. The average Bonchev–Trinajstić information content (AvgIpc) is 3.10. The molecule has 3 aromatic rings. The lowest BCUT2D eigenvalue weighted by molar-refractivity contribution is -0.118. The average molecular weight is 370 g/mol. The number of rotatable bonds is 2. The normalized spacial score (nSPS) is 20.3. The van der Waals surface area contributed by atoms with E-state index in [9.17, 15) is 5.11 Å². The molecule has 1 N–H and O–H groups in total. The first-order valence-corrected chi connectivity index (χ1v) is 8.97. The van der Waals surface area contributed by atoms with E-state index in [4.69, 9.17) is 20.9 Å². The summed E-state index contributed by atoms with van der Waals surface area (Å²) in [5.74, 6) is 1.46. The van der Waals surface area contributed by atoms with Gasteiger partial charge in [0.1, 0.15) is 5.60 Å². The van der Waals surface area contributed by atoms with Crippen molar-refractivity contribution in [3.05, 3.63) is 47.1 Å². The standard InChI is InChI=1S/C19H16ClN3O3/c20-14-4-2-11(3-5-14)16-22-18(26-23-16)13-8-12-9-15(24)19(6-1-7-19)25-17(12)21-10-13/h2-5,8,10,15,24H,1,6-7,9H2. The third-order valence-corrected chi connectivity index (χ3v) is 5.47. The molecule has 2 aliphatic rings. The zero-order valence-corrected chi connectivity index (χ0v) is 14.6. The van der Waals surface area contributed by atoms with Crippen molar-refractivity contribution < 1.29 is 14.4 Å². The fourth-order valence-corrected chi connectivity index (χ4v) is 3.65. The maximum absolute atomic E-state index is 10.4. The largest absolute Gasteiger partial charge is 0.468 e. The molecule has 1 spiro atoms. The molecule has 2 aromatic heterocycles. The van der Waals surface area contributed by atoms with Crippen LogP contribution >= 0.6 is 11.6 Å². The van der Waals surface area contributed by atoms with Gasteiger partial charge >= 0.3 is 0 Å². The van der Waals surface area contributed by atoms with Crippen molar-refractivity contribution in [3.63, 3.8) is 0 Å². The number of aliphatic hydroxyl groups is 1. The van der Waals surface area contributed by atoms with Gasteiger partial charge in [0.2, 0.25) is 11.7 Å². The lowest BCUT2D eigenvalue weighted by Crippen LogP contribution is -2.56. The van der Waals surface area contributed by atoms with Gasteiger partial charge in [0, 0.05) is 28.8 Å². The molecule has 26 heavy (non-hydrogen) atoms. The van der Waals surface area contributed by atoms with Gasteiger partial charge in [0.25, 0.3) is 5.89 Å². The zero-order chi connectivity index (χ0) is 17.7. The molecule has 1 unspecified atom stereocenters. The molecule has 1 fully saturated rings. The fraction of sp³-hybridized carbons (Fsp3) is 0.316. The Kier molecular flexibility index (Phi) is 3.52. The van der Waals surface area contributed by atoms with E-state index in [1.54, 1.807) is 18.3 Å². The maximum atomic E-state index is 10.4. The first kappa shape index (κ1) is 15.8. The van der Waals surface area contributed by atoms with Gasteiger partial charge < -0.3 is 14.4 Å². The first-order valence-electron chi connectivity index (χ1n) is 8.59. The van der Waals surface area contributed by atoms with Crippen LogP contribution in [0.4, 0.5) is 0 Å². The Morgan fingerprint density at radius 2 is 1.96 bits per heavy atom. The summed E-state index contributed by atoms with van der Waals surface area (Å²) in [6.07, 6.45) is 4.53. The number of aliphatic hydroxyl groups excluding tert-OH is 1. The summed E-state index contributed by atoms with van der Waals surface area (Å²) in [5.41, 5.74) is 1.95. The van der Waals surface area contributed by atoms with Crippen molar-refractivity contribution in [2.24, 2.45) is 0 Å². The van der Waals surface area contributed by atoms with Crippen LogP contribution in [-0.2, 0) is 6.42 Å². The Hall–Kier alpha value is -2.44. The van der Waals surface area contributed by atoms with Crippen LogP contribution in [0, 0.1) is 0 Å². The third-order valence-electron chi connectivity index (χ3n) is 5.22. The van der Waals surface area contributed by atoms with Crippen LogP contribution in [0.5, 0.6) is 5.88 Å². The minimum atomic E-state index is -0.506. The van der Waals surface area contributed by atoms with Crippen molar-refractivity contribution in [1.29, 1.82) is 0 Å². The van der Waals surface area contributed by atoms with Crippen molar-refractivity contribution >= 4 is 11.6 Å². The van der Waals surface area contributed by atoms with E-state index in [0.717, 1.165) is 30.4 Å². The monoisotopic (exact) mass is 369 g/mol. The Morgan fingerprint density at radius 1 is 1.15 bits per heavy atom. The van der Waals surface area contributed by atoms with Crippen molar-refractivity contribution in [2.45, 2.75) is 37.4 Å². The highest BCUT2D eigenvalue weighted by molar-refractivity contribution is 6.30. The number of hydrogen-bond donors (Lipinski definition) is 1. The first-order chi connectivity index (χ1) is 12.6. The van der Waals surface area contributed by atoms with E-state index in [0.29, 0.717) is 34.6 Å². The second-order valence-electron chi connectivity index (χ2n) is 6.86. The molecule has 7 heteroatoms. The van der Waals surface area contributed by atoms with Gasteiger partial charge in [0.05, 0.1) is 11.7 Å². The van der Waals surface area contributed by atoms with Crippen molar-refractivity contribution in [2.75, 3.05) is 0 Å². The Bertz CT molecular complexity index is 966. The quantitative estimate of drug-likeness (QED) is 0.742. The number of pyridine rings is 1. The molecule has 6 nitrogen and oxygen atoms in total. The van der Waals surface area contributed by atoms with Gasteiger partial charge in [-0.1, -0.05) is 16.8 Å². The maximum Gasteiger partial charge on any atom is 0.259 e. The highest BCUT2D eigenvalue weighted by Crippen LogP contribution is 2.44. The van der Waals surface area contributed by atoms with Crippen molar-refractivity contribution in [1.82, 2.24) is 15.1 Å². The highest BCUT2D eigenvalue weighted by Gasteiger charge is 2.49. The van der Waals surface area contributed by atoms with Crippen molar-refractivity contribution in [3.8, 4) is 28.7 Å². The summed E-state index contributed by atoms with van der Waals surface area (Å²) < 4.78 is 11.4. The van der Waals surface area contributed by atoms with E-state index in [2.05, 4.69) is 15.1 Å². The molecule has 0 amide bonds. The second-order valence-corrected chi connectivity index (χ2v) is 7.30. The lowest BCUT2D eigenvalue weighted by Gasteiger charge is -2.47. The molecule has 5 rings (SSSR count). The molecular weight excluding hydrogens is 354 g/mol. The molecule has 3 heterocycles. The number of benzene rings is 1. The molecular formula is C19H16ClN3O3. The third kappa shape index (κ3) is 2.48. The predicted octanol–water partition coefficient (Wildman–Crippen LogP) is 3.67. The Balaban J connectivity index is 1.45. The van der Waals surface area contributed by atoms with Gasteiger partial charge in [0.15, 0.2) is 0 Å². The zero-order valence-electron chi connectivity index (χ0n) is 13.9. The minimum absolute atomic E-state index is 0.378. The van der Waals surface area contributed by atoms with Crippen LogP contribution in [0.2, 0.25) is 5.02 Å². The van der Waals surface area contributed by atoms with E-state index < -0.39 is 11.7 Å². The molecule has 1 aliphatic carbocycles. The molecule has 1 aliphatic heterocycles. The summed E-state index contributed by atoms with van der Waals surface area (Å²) in [4.78, 5) is 8.86. The van der Waals surface area contributed by atoms with Crippen LogP contribution < -0.4 is 4.74 Å². The minimum Gasteiger partial charge on any atom is -0.468 e. The number of nitrogens with zero attached hydrogens (tertiary/aromatic N) is 3. The van der Waals surface area contributed by atoms with Crippen LogP contribution in [0.15, 0.2) is 41.1 Å². The number of ether oxygens (including phenoxy) is 1. The Labute approximate surface area is 154 Å². The van der Waals surface area contributed by atoms with Gasteiger partial charge in [-0.05, 0) is 49.6 Å². The van der Waals surface area contributed by atoms with E-state index in [-0.39, 0.29) is 0 Å². The van der Waals surface area contributed by atoms with Gasteiger partial charge in [-0.3, -0.25) is 0 Å². The number of halogens is 1. The Morgan fingerprint density at radius 3 is 2.69 bits per heavy atom. The predicted molar refractivity (Wildman–Crippen MR) is 94.9 cm³/mol. The van der Waals surface area contributed by atoms with Gasteiger partial charge in [-0.25, -0.2) is 4.98 Å². The molecule has 1 saturated carbocycles. The van der Waals surface area contributed by atoms with Gasteiger partial charge in [-0.15, -0.1) is 0 Å². The molecule has 0 radical (unpaired) electrons. The summed E-state index contributed by atoms with van der Waals surface area (Å²) in [6.45, 7) is 0. The summed E-state index contributed by atoms with van der Waals surface area (Å²) in [6, 6.07) is 9.13. The molecule has 132 valence electrons. The summed E-state index contributed by atoms with van der Waals surface area (Å²) in [7, 11) is 0. The van der Waals surface area contributed by atoms with Crippen LogP contribution in [-0.4, -0.2) is 31.9 Å². The number of aromatic nitrogens is 3. The highest BCUT2D eigenvalue weighted by atomic mass is 35.5. The fourth-order valence-electron chi connectivity index (χ4n) is 3.53. The van der Waals surface area contributed by atoms with Gasteiger partial charge in [-0.2, -0.15) is 4.98 Å². The molecule has 0 saturated heterocycles. The smallest absolute Gasteiger partial charge is 0.259 e. The molecule has 1 aromatic carbocycles. The van der Waals surface area contributed by atoms with E-state index >= 15 is 0 Å². The SMILES string of the molecule is OC1Cc2cc(-c3nc(-c4ccc(Cl)cc4)no3)cnc2OC12CCC2. The molecule has 1 atom stereocenters. The topological polar surface area (TPSA) is 81.3 Å².